The van der Waals surface area contributed by atoms with Gasteiger partial charge in [-0.25, -0.2) is 14.4 Å². The number of halogens is 1. The zero-order valence-electron chi connectivity index (χ0n) is 17.4. The van der Waals surface area contributed by atoms with Crippen LogP contribution in [0.15, 0.2) is 55.2 Å². The Labute approximate surface area is 184 Å². The minimum atomic E-state index is -0.370. The smallest absolute Gasteiger partial charge is 0.223 e. The van der Waals surface area contributed by atoms with Crippen LogP contribution in [0.4, 0.5) is 10.2 Å². The maximum Gasteiger partial charge on any atom is 0.223 e. The van der Waals surface area contributed by atoms with E-state index in [4.69, 9.17) is 0 Å². The van der Waals surface area contributed by atoms with Gasteiger partial charge in [-0.3, -0.25) is 14.8 Å². The minimum Gasteiger partial charge on any atom is -0.352 e. The maximum absolute atomic E-state index is 13.0. The van der Waals surface area contributed by atoms with Gasteiger partial charge >= 0.3 is 0 Å². The van der Waals surface area contributed by atoms with Crippen LogP contribution in [0.25, 0.3) is 22.3 Å². The molecule has 0 atom stereocenters. The topological polar surface area (TPSA) is 90.9 Å². The third-order valence-corrected chi connectivity index (χ3v) is 5.69. The number of hydrogen-bond donors (Lipinski definition) is 1. The molecule has 32 heavy (non-hydrogen) atoms. The zero-order chi connectivity index (χ0) is 21.9. The molecule has 5 rings (SSSR count). The number of nitrogens with one attached hydrogen (secondary N) is 1. The summed E-state index contributed by atoms with van der Waals surface area (Å²) in [7, 11) is 0. The van der Waals surface area contributed by atoms with Crippen LogP contribution in [0.2, 0.25) is 0 Å². The van der Waals surface area contributed by atoms with Crippen LogP contribution in [-0.4, -0.2) is 61.9 Å². The van der Waals surface area contributed by atoms with E-state index >= 15 is 0 Å². The second-order valence-corrected chi connectivity index (χ2v) is 7.72. The fraction of sp³-hybridized carbons (Fsp3) is 0.261. The molecule has 4 aromatic heterocycles. The number of nitrogens with zero attached hydrogens (tertiary/aromatic N) is 6. The number of amides is 1. The van der Waals surface area contributed by atoms with Gasteiger partial charge in [0.1, 0.15) is 23.6 Å². The lowest BCUT2D eigenvalue weighted by molar-refractivity contribution is -0.131. The molecule has 4 aromatic rings. The number of fused-ring (bicyclic) bond motifs is 1. The molecule has 5 heterocycles. The minimum absolute atomic E-state index is 0.0871. The molecule has 0 bridgehead atoms. The van der Waals surface area contributed by atoms with Crippen molar-refractivity contribution in [2.24, 2.45) is 0 Å². The van der Waals surface area contributed by atoms with Crippen LogP contribution in [0.1, 0.15) is 12.1 Å². The summed E-state index contributed by atoms with van der Waals surface area (Å²) in [5, 5.41) is 0.952. The normalized spacial score (nSPS) is 14.2. The third kappa shape index (κ3) is 4.14. The van der Waals surface area contributed by atoms with E-state index in [1.54, 1.807) is 18.6 Å². The molecule has 1 fully saturated rings. The van der Waals surface area contributed by atoms with Crippen molar-refractivity contribution in [3.63, 3.8) is 0 Å². The van der Waals surface area contributed by atoms with Gasteiger partial charge in [0.05, 0.1) is 11.6 Å². The first kappa shape index (κ1) is 20.0. The van der Waals surface area contributed by atoms with Crippen molar-refractivity contribution < 1.29 is 9.18 Å². The Hall–Kier alpha value is -3.88. The molecule has 162 valence electrons. The highest BCUT2D eigenvalue weighted by Gasteiger charge is 2.23. The van der Waals surface area contributed by atoms with Crippen molar-refractivity contribution in [2.45, 2.75) is 12.8 Å². The Bertz CT molecular complexity index is 1220. The molecule has 8 nitrogen and oxygen atoms in total. The van der Waals surface area contributed by atoms with Gasteiger partial charge in [-0.15, -0.1) is 0 Å². The van der Waals surface area contributed by atoms with Gasteiger partial charge in [-0.1, -0.05) is 0 Å². The van der Waals surface area contributed by atoms with Gasteiger partial charge in [0, 0.05) is 61.9 Å². The summed E-state index contributed by atoms with van der Waals surface area (Å²) < 4.78 is 13.0. The van der Waals surface area contributed by atoms with Crippen LogP contribution in [0, 0.1) is 5.82 Å². The van der Waals surface area contributed by atoms with E-state index in [1.807, 2.05) is 23.2 Å². The summed E-state index contributed by atoms with van der Waals surface area (Å²) in [6.45, 7) is 2.64. The van der Waals surface area contributed by atoms with Gasteiger partial charge in [-0.2, -0.15) is 0 Å². The van der Waals surface area contributed by atoms with Crippen molar-refractivity contribution in [1.82, 2.24) is 29.8 Å². The molecule has 9 heteroatoms. The van der Waals surface area contributed by atoms with Crippen molar-refractivity contribution in [3.8, 4) is 11.3 Å². The standard InChI is InChI=1S/C23H22FN7O/c24-17-3-4-18(26-14-17)5-6-21(32)30-8-10-31(11-9-30)23-19-12-20(16-2-1-7-25-13-16)29-22(19)27-15-28-23/h1-4,7,12-15H,5-6,8-11H2,(H,27,28,29). The Balaban J connectivity index is 1.24. The number of aromatic amines is 1. The summed E-state index contributed by atoms with van der Waals surface area (Å²) in [6.07, 6.45) is 7.17. The summed E-state index contributed by atoms with van der Waals surface area (Å²) in [6, 6.07) is 8.94. The largest absolute Gasteiger partial charge is 0.352 e. The van der Waals surface area contributed by atoms with Crippen molar-refractivity contribution in [1.29, 1.82) is 0 Å². The molecule has 0 aromatic carbocycles. The zero-order valence-corrected chi connectivity index (χ0v) is 17.4. The molecular formula is C23H22FN7O. The molecular weight excluding hydrogens is 409 g/mol. The molecule has 1 amide bonds. The van der Waals surface area contributed by atoms with Crippen LogP contribution < -0.4 is 4.90 Å². The predicted octanol–water partition coefficient (Wildman–Crippen LogP) is 2.84. The summed E-state index contributed by atoms with van der Waals surface area (Å²) in [4.78, 5) is 37.1. The maximum atomic E-state index is 13.0. The molecule has 1 aliphatic heterocycles. The number of hydrogen-bond acceptors (Lipinski definition) is 6. The van der Waals surface area contributed by atoms with Crippen LogP contribution in [0.5, 0.6) is 0 Å². The molecule has 0 unspecified atom stereocenters. The fourth-order valence-electron chi connectivity index (χ4n) is 3.97. The second kappa shape index (κ2) is 8.70. The van der Waals surface area contributed by atoms with Crippen molar-refractivity contribution in [2.75, 3.05) is 31.1 Å². The molecule has 0 saturated carbocycles. The number of carbonyl (C=O) groups is 1. The Morgan fingerprint density at radius 3 is 2.69 bits per heavy atom. The summed E-state index contributed by atoms with van der Waals surface area (Å²) >= 11 is 0. The molecule has 1 saturated heterocycles. The lowest BCUT2D eigenvalue weighted by Crippen LogP contribution is -2.49. The second-order valence-electron chi connectivity index (χ2n) is 7.72. The molecule has 0 aliphatic carbocycles. The number of aryl methyl sites for hydroxylation is 1. The van der Waals surface area contributed by atoms with Gasteiger partial charge < -0.3 is 14.8 Å². The lowest BCUT2D eigenvalue weighted by Gasteiger charge is -2.35. The van der Waals surface area contributed by atoms with E-state index in [-0.39, 0.29) is 11.7 Å². The lowest BCUT2D eigenvalue weighted by atomic mass is 10.2. The number of piperazine rings is 1. The van der Waals surface area contributed by atoms with E-state index in [0.29, 0.717) is 39.0 Å². The number of H-pyrrole nitrogens is 1. The van der Waals surface area contributed by atoms with Gasteiger partial charge in [-0.05, 0) is 36.8 Å². The number of anilines is 1. The Kier molecular flexibility index (Phi) is 5.45. The van der Waals surface area contributed by atoms with E-state index in [0.717, 1.165) is 33.8 Å². The quantitative estimate of drug-likeness (QED) is 0.523. The van der Waals surface area contributed by atoms with Crippen LogP contribution in [0.3, 0.4) is 0 Å². The first-order valence-electron chi connectivity index (χ1n) is 10.5. The van der Waals surface area contributed by atoms with Gasteiger partial charge in [0.2, 0.25) is 5.91 Å². The van der Waals surface area contributed by atoms with Crippen LogP contribution >= 0.6 is 0 Å². The van der Waals surface area contributed by atoms with Crippen molar-refractivity contribution >= 4 is 22.8 Å². The summed E-state index contributed by atoms with van der Waals surface area (Å²) in [5.41, 5.74) is 3.43. The van der Waals surface area contributed by atoms with Gasteiger partial charge in [0.25, 0.3) is 0 Å². The number of aromatic nitrogens is 5. The first-order chi connectivity index (χ1) is 15.7. The third-order valence-electron chi connectivity index (χ3n) is 5.69. The number of carbonyl (C=O) groups excluding carboxylic acids is 1. The molecule has 0 spiro atoms. The molecule has 1 aliphatic rings. The highest BCUT2D eigenvalue weighted by Crippen LogP contribution is 2.29. The van der Waals surface area contributed by atoms with Crippen LogP contribution in [-0.2, 0) is 11.2 Å². The Morgan fingerprint density at radius 1 is 1.06 bits per heavy atom. The average Bonchev–Trinajstić information content (AvgIpc) is 3.29. The molecule has 1 N–H and O–H groups in total. The fourth-order valence-corrected chi connectivity index (χ4v) is 3.97. The monoisotopic (exact) mass is 431 g/mol. The molecule has 0 radical (unpaired) electrons. The SMILES string of the molecule is O=C(CCc1ccc(F)cn1)N1CCN(c2ncnc3[nH]c(-c4cccnc4)cc23)CC1. The van der Waals surface area contributed by atoms with E-state index in [2.05, 4.69) is 35.9 Å². The number of pyridine rings is 2. The number of rotatable bonds is 5. The van der Waals surface area contributed by atoms with Crippen molar-refractivity contribution in [3.05, 3.63) is 66.8 Å². The average molecular weight is 431 g/mol. The van der Waals surface area contributed by atoms with E-state index in [9.17, 15) is 9.18 Å². The van der Waals surface area contributed by atoms with E-state index < -0.39 is 0 Å². The van der Waals surface area contributed by atoms with E-state index in [1.165, 1.54) is 12.3 Å². The van der Waals surface area contributed by atoms with Gasteiger partial charge in [0.15, 0.2) is 0 Å². The first-order valence-corrected chi connectivity index (χ1v) is 10.5. The predicted molar refractivity (Wildman–Crippen MR) is 118 cm³/mol. The highest BCUT2D eigenvalue weighted by molar-refractivity contribution is 5.92. The Morgan fingerprint density at radius 2 is 1.94 bits per heavy atom. The highest BCUT2D eigenvalue weighted by atomic mass is 19.1. The summed E-state index contributed by atoms with van der Waals surface area (Å²) in [5.74, 6) is 0.582.